The second kappa shape index (κ2) is 5.61. The van der Waals surface area contributed by atoms with E-state index < -0.39 is 12.0 Å². The molecule has 0 spiro atoms. The molecular weight excluding hydrogens is 363 g/mol. The Hall–Kier alpha value is -1.28. The SMILES string of the molecule is ClC1(Cl)CCC[Si]1(C1=CCc2ccccc21)C1C=Cc2ccccc21. The molecule has 3 aliphatic rings. The summed E-state index contributed by atoms with van der Waals surface area (Å²) in [4.78, 5) is 0. The third-order valence-electron chi connectivity index (χ3n) is 6.36. The monoisotopic (exact) mass is 382 g/mol. The van der Waals surface area contributed by atoms with E-state index in [0.717, 1.165) is 19.3 Å². The molecule has 25 heavy (non-hydrogen) atoms. The van der Waals surface area contributed by atoms with E-state index in [1.165, 1.54) is 33.5 Å². The van der Waals surface area contributed by atoms with Crippen LogP contribution in [0.1, 0.15) is 40.6 Å². The fraction of sp³-hybridized carbons (Fsp3) is 0.273. The molecule has 0 bridgehead atoms. The molecule has 1 aliphatic heterocycles. The molecule has 2 atom stereocenters. The lowest BCUT2D eigenvalue weighted by atomic mass is 10.1. The van der Waals surface area contributed by atoms with E-state index in [2.05, 4.69) is 66.8 Å². The number of hydrogen-bond acceptors (Lipinski definition) is 0. The van der Waals surface area contributed by atoms with Crippen LogP contribution in [0.5, 0.6) is 0 Å². The van der Waals surface area contributed by atoms with Gasteiger partial charge < -0.3 is 0 Å². The standard InChI is InChI=1S/C22H20Cl2Si/c23-22(24)14-5-15-25(22,20-12-10-16-6-1-3-8-18(16)20)21-13-11-17-7-2-4-9-19(17)21/h1-4,6-10,12-13,20H,5,11,14-15H2. The Bertz CT molecular complexity index is 912. The Kier molecular flexibility index (Phi) is 3.57. The summed E-state index contributed by atoms with van der Waals surface area (Å²) in [6.45, 7) is 0. The third-order valence-corrected chi connectivity index (χ3v) is 14.5. The summed E-state index contributed by atoms with van der Waals surface area (Å²) in [5, 5.41) is 1.50. The lowest BCUT2D eigenvalue weighted by Gasteiger charge is -2.42. The normalized spacial score (nSPS) is 28.7. The lowest BCUT2D eigenvalue weighted by molar-refractivity contribution is 0.874. The molecule has 1 heterocycles. The fourth-order valence-corrected chi connectivity index (χ4v) is 13.3. The van der Waals surface area contributed by atoms with Crippen molar-refractivity contribution < 1.29 is 0 Å². The molecule has 0 amide bonds. The topological polar surface area (TPSA) is 0 Å². The van der Waals surface area contributed by atoms with Crippen molar-refractivity contribution in [2.24, 2.45) is 0 Å². The van der Waals surface area contributed by atoms with Gasteiger partial charge in [0.2, 0.25) is 0 Å². The summed E-state index contributed by atoms with van der Waals surface area (Å²) in [6, 6.07) is 18.7. The van der Waals surface area contributed by atoms with Gasteiger partial charge in [-0.2, -0.15) is 0 Å². The summed E-state index contributed by atoms with van der Waals surface area (Å²) in [7, 11) is -2.19. The highest BCUT2D eigenvalue weighted by atomic mass is 35.5. The maximum Gasteiger partial charge on any atom is 0.139 e. The Morgan fingerprint density at radius 1 is 1.00 bits per heavy atom. The minimum atomic E-state index is -2.19. The first-order valence-corrected chi connectivity index (χ1v) is 12.1. The number of allylic oxidation sites excluding steroid dienone is 2. The quantitative estimate of drug-likeness (QED) is 0.412. The molecule has 0 N–H and O–H groups in total. The predicted molar refractivity (Wildman–Crippen MR) is 111 cm³/mol. The van der Waals surface area contributed by atoms with Crippen LogP contribution in [-0.2, 0) is 6.42 Å². The minimum absolute atomic E-state index is 0.374. The summed E-state index contributed by atoms with van der Waals surface area (Å²) in [5.74, 6) is 0. The molecule has 1 fully saturated rings. The van der Waals surface area contributed by atoms with Crippen molar-refractivity contribution >= 4 is 42.5 Å². The first-order valence-electron chi connectivity index (χ1n) is 9.07. The smallest absolute Gasteiger partial charge is 0.105 e. The van der Waals surface area contributed by atoms with Crippen LogP contribution in [0, 0.1) is 0 Å². The highest BCUT2D eigenvalue weighted by Gasteiger charge is 2.62. The Labute approximate surface area is 160 Å². The van der Waals surface area contributed by atoms with Gasteiger partial charge in [0.05, 0.1) is 0 Å². The molecule has 0 saturated carbocycles. The van der Waals surface area contributed by atoms with Gasteiger partial charge in [0.15, 0.2) is 0 Å². The van der Waals surface area contributed by atoms with Crippen LogP contribution in [-0.4, -0.2) is 12.0 Å². The van der Waals surface area contributed by atoms with E-state index in [9.17, 15) is 0 Å². The first kappa shape index (κ1) is 15.9. The van der Waals surface area contributed by atoms with Crippen molar-refractivity contribution in [3.63, 3.8) is 0 Å². The van der Waals surface area contributed by atoms with Crippen LogP contribution in [0.25, 0.3) is 11.3 Å². The van der Waals surface area contributed by atoms with Gasteiger partial charge in [0, 0.05) is 5.54 Å². The van der Waals surface area contributed by atoms with E-state index in [1.807, 2.05) is 0 Å². The molecule has 126 valence electrons. The van der Waals surface area contributed by atoms with Gasteiger partial charge in [-0.1, -0.05) is 78.4 Å². The zero-order valence-corrected chi connectivity index (χ0v) is 16.5. The summed E-state index contributed by atoms with van der Waals surface area (Å²) in [5.41, 5.74) is 5.96. The van der Waals surface area contributed by atoms with Crippen LogP contribution < -0.4 is 0 Å². The van der Waals surface area contributed by atoms with Crippen molar-refractivity contribution in [3.8, 4) is 0 Å². The molecule has 1 saturated heterocycles. The molecule has 2 aromatic rings. The van der Waals surface area contributed by atoms with E-state index in [0.29, 0.717) is 5.54 Å². The largest absolute Gasteiger partial charge is 0.139 e. The lowest BCUT2D eigenvalue weighted by Crippen LogP contribution is -2.53. The summed E-state index contributed by atoms with van der Waals surface area (Å²) >= 11 is 14.3. The number of benzene rings is 2. The highest BCUT2D eigenvalue weighted by molar-refractivity contribution is 7.10. The molecule has 5 rings (SSSR count). The molecule has 0 radical (unpaired) electrons. The first-order chi connectivity index (χ1) is 12.1. The maximum absolute atomic E-state index is 7.14. The predicted octanol–water partition coefficient (Wildman–Crippen LogP) is 6.47. The average molecular weight is 383 g/mol. The van der Waals surface area contributed by atoms with Crippen LogP contribution in [0.15, 0.2) is 60.7 Å². The molecule has 0 aromatic heterocycles. The zero-order valence-electron chi connectivity index (χ0n) is 14.0. The van der Waals surface area contributed by atoms with Crippen molar-refractivity contribution in [2.45, 2.75) is 34.8 Å². The van der Waals surface area contributed by atoms with Crippen molar-refractivity contribution in [1.29, 1.82) is 0 Å². The Morgan fingerprint density at radius 2 is 1.80 bits per heavy atom. The molecule has 3 heteroatoms. The number of halogens is 2. The van der Waals surface area contributed by atoms with Gasteiger partial charge in [0.25, 0.3) is 0 Å². The van der Waals surface area contributed by atoms with Gasteiger partial charge in [-0.05, 0) is 41.1 Å². The van der Waals surface area contributed by atoms with Gasteiger partial charge in [-0.25, -0.2) is 0 Å². The van der Waals surface area contributed by atoms with Crippen LogP contribution >= 0.6 is 23.2 Å². The van der Waals surface area contributed by atoms with Crippen LogP contribution in [0.3, 0.4) is 0 Å². The molecular formula is C22H20Cl2Si. The fourth-order valence-electron chi connectivity index (χ4n) is 5.26. The van der Waals surface area contributed by atoms with Gasteiger partial charge in [-0.3, -0.25) is 0 Å². The van der Waals surface area contributed by atoms with Crippen molar-refractivity contribution in [2.75, 3.05) is 0 Å². The molecule has 2 aromatic carbocycles. The number of rotatable bonds is 2. The number of alkyl halides is 2. The number of hydrogen-bond donors (Lipinski definition) is 0. The van der Waals surface area contributed by atoms with Gasteiger partial charge in [-0.15, -0.1) is 23.2 Å². The minimum Gasteiger partial charge on any atom is -0.105 e. The van der Waals surface area contributed by atoms with E-state index in [4.69, 9.17) is 23.2 Å². The van der Waals surface area contributed by atoms with E-state index in [-0.39, 0.29) is 0 Å². The summed E-state index contributed by atoms with van der Waals surface area (Å²) < 4.78 is -0.608. The van der Waals surface area contributed by atoms with Crippen LogP contribution in [0.4, 0.5) is 0 Å². The average Bonchev–Trinajstić information content (AvgIpc) is 3.30. The van der Waals surface area contributed by atoms with E-state index in [1.54, 1.807) is 0 Å². The number of fused-ring (bicyclic) bond motifs is 2. The molecule has 2 unspecified atom stereocenters. The van der Waals surface area contributed by atoms with Gasteiger partial charge in [0.1, 0.15) is 12.0 Å². The van der Waals surface area contributed by atoms with E-state index >= 15 is 0 Å². The maximum atomic E-state index is 7.14. The van der Waals surface area contributed by atoms with Crippen molar-refractivity contribution in [1.82, 2.24) is 0 Å². The molecule has 2 aliphatic carbocycles. The Morgan fingerprint density at radius 3 is 2.64 bits per heavy atom. The highest BCUT2D eigenvalue weighted by Crippen LogP contribution is 2.60. The van der Waals surface area contributed by atoms with Crippen molar-refractivity contribution in [3.05, 3.63) is 82.9 Å². The van der Waals surface area contributed by atoms with Crippen LogP contribution in [0.2, 0.25) is 6.04 Å². The summed E-state index contributed by atoms with van der Waals surface area (Å²) in [6.07, 6.45) is 10.2. The second-order valence-corrected chi connectivity index (χ2v) is 14.0. The Balaban J connectivity index is 1.73. The zero-order chi connectivity index (χ0) is 17.1. The second-order valence-electron chi connectivity index (χ2n) is 7.47. The molecule has 0 nitrogen and oxygen atoms in total. The van der Waals surface area contributed by atoms with Gasteiger partial charge >= 0.3 is 0 Å². The third kappa shape index (κ3) is 2.13.